The van der Waals surface area contributed by atoms with Crippen molar-refractivity contribution in [2.45, 2.75) is 32.7 Å². The number of halogens is 3. The Morgan fingerprint density at radius 3 is 2.36 bits per heavy atom. The Morgan fingerprint density at radius 2 is 1.71 bits per heavy atom. The minimum atomic E-state index is -4.73. The average molecular weight is 599 g/mol. The van der Waals surface area contributed by atoms with Gasteiger partial charge in [0, 0.05) is 24.0 Å². The molecule has 220 valence electrons. The highest BCUT2D eigenvalue weighted by molar-refractivity contribution is 7.14. The molecule has 1 aliphatic heterocycles. The number of ether oxygens (including phenoxy) is 3. The summed E-state index contributed by atoms with van der Waals surface area (Å²) in [5.74, 6) is -0.0123. The molecule has 4 aromatic rings. The fourth-order valence-electron chi connectivity index (χ4n) is 4.85. The summed E-state index contributed by atoms with van der Waals surface area (Å²) in [5, 5.41) is 12.1. The first-order valence-corrected chi connectivity index (χ1v) is 14.2. The number of carboxylic acid groups (broad SMARTS) is 1. The summed E-state index contributed by atoms with van der Waals surface area (Å²) in [6.45, 7) is 3.54. The third-order valence-electron chi connectivity index (χ3n) is 7.22. The van der Waals surface area contributed by atoms with Gasteiger partial charge < -0.3 is 24.2 Å². The Morgan fingerprint density at radius 1 is 1.02 bits per heavy atom. The Balaban J connectivity index is 1.30. The molecule has 7 nitrogen and oxygen atoms in total. The number of methoxy groups -OCH3 is 1. The molecule has 2 heterocycles. The second kappa shape index (κ2) is 12.3. The molecule has 0 saturated carbocycles. The highest BCUT2D eigenvalue weighted by Gasteiger charge is 2.31. The number of hydrogen-bond donors (Lipinski definition) is 1. The largest absolute Gasteiger partial charge is 0.573 e. The zero-order valence-corrected chi connectivity index (χ0v) is 23.8. The second-order valence-electron chi connectivity index (χ2n) is 9.98. The van der Waals surface area contributed by atoms with E-state index in [0.717, 1.165) is 38.6 Å². The maximum atomic E-state index is 12.5. The van der Waals surface area contributed by atoms with Gasteiger partial charge in [0.2, 0.25) is 0 Å². The molecule has 42 heavy (non-hydrogen) atoms. The third-order valence-corrected chi connectivity index (χ3v) is 8.12. The fraction of sp³-hybridized carbons (Fsp3) is 0.290. The Kier molecular flexibility index (Phi) is 8.58. The number of hydrogen-bond acceptors (Lipinski definition) is 7. The van der Waals surface area contributed by atoms with E-state index in [1.807, 2.05) is 48.7 Å². The minimum Gasteiger partial charge on any atom is -0.497 e. The lowest BCUT2D eigenvalue weighted by Crippen LogP contribution is -2.36. The lowest BCUT2D eigenvalue weighted by Gasteiger charge is -2.29. The zero-order chi connectivity index (χ0) is 29.9. The number of rotatable bonds is 9. The lowest BCUT2D eigenvalue weighted by molar-refractivity contribution is -0.274. The van der Waals surface area contributed by atoms with Crippen LogP contribution < -0.4 is 19.1 Å². The van der Waals surface area contributed by atoms with E-state index in [2.05, 4.69) is 9.64 Å². The number of anilines is 1. The first-order chi connectivity index (χ1) is 20.1. The van der Waals surface area contributed by atoms with Gasteiger partial charge in [-0.1, -0.05) is 30.3 Å². The normalized spacial score (nSPS) is 14.1. The number of aliphatic carboxylic acids is 1. The van der Waals surface area contributed by atoms with Crippen molar-refractivity contribution in [3.8, 4) is 39.6 Å². The molecule has 0 amide bonds. The number of benzene rings is 3. The van der Waals surface area contributed by atoms with E-state index < -0.39 is 12.3 Å². The minimum absolute atomic E-state index is 0.265. The summed E-state index contributed by atoms with van der Waals surface area (Å²) in [4.78, 5) is 18.3. The van der Waals surface area contributed by atoms with Gasteiger partial charge >= 0.3 is 12.3 Å². The van der Waals surface area contributed by atoms with Gasteiger partial charge in [0.25, 0.3) is 0 Å². The van der Waals surface area contributed by atoms with Crippen LogP contribution in [-0.2, 0) is 11.4 Å². The number of piperidine rings is 1. The predicted molar refractivity (Wildman–Crippen MR) is 154 cm³/mol. The Bertz CT molecular complexity index is 1550. The van der Waals surface area contributed by atoms with Crippen molar-refractivity contribution in [1.82, 2.24) is 4.98 Å². The molecule has 0 spiro atoms. The molecule has 1 N–H and O–H groups in total. The van der Waals surface area contributed by atoms with E-state index in [0.29, 0.717) is 44.0 Å². The number of aryl methyl sites for hydroxylation is 1. The first kappa shape index (κ1) is 29.2. The number of aromatic nitrogens is 1. The van der Waals surface area contributed by atoms with Crippen molar-refractivity contribution in [2.24, 2.45) is 5.92 Å². The summed E-state index contributed by atoms with van der Waals surface area (Å²) >= 11 is 1.51. The molecule has 0 atom stereocenters. The van der Waals surface area contributed by atoms with Crippen molar-refractivity contribution < 1.29 is 37.3 Å². The predicted octanol–water partition coefficient (Wildman–Crippen LogP) is 7.57. The van der Waals surface area contributed by atoms with E-state index >= 15 is 0 Å². The van der Waals surface area contributed by atoms with E-state index in [1.165, 1.54) is 23.5 Å². The molecule has 1 aliphatic rings. The standard InChI is InChI=1S/C31H29F3N2O5S/c1-19-15-22(20-5-7-24(8-6-20)41-31(32,33)34)3-4-23(19)17-40-28-10-9-25(39-2)16-26(28)27-18-42-30(35-27)36-13-11-21(12-14-36)29(37)38/h3-10,15-16,18,21H,11-14,17H2,1-2H3,(H,37,38). The van der Waals surface area contributed by atoms with Gasteiger partial charge in [0.05, 0.1) is 18.7 Å². The molecule has 5 rings (SSSR count). The van der Waals surface area contributed by atoms with Crippen LogP contribution in [0, 0.1) is 12.8 Å². The maximum Gasteiger partial charge on any atom is 0.573 e. The molecule has 0 aliphatic carbocycles. The van der Waals surface area contributed by atoms with Gasteiger partial charge in [-0.15, -0.1) is 24.5 Å². The van der Waals surface area contributed by atoms with Crippen LogP contribution in [0.5, 0.6) is 17.2 Å². The molecular weight excluding hydrogens is 569 g/mol. The summed E-state index contributed by atoms with van der Waals surface area (Å²) in [6.07, 6.45) is -3.55. The molecule has 11 heteroatoms. The van der Waals surface area contributed by atoms with Gasteiger partial charge in [0.15, 0.2) is 5.13 Å². The summed E-state index contributed by atoms with van der Waals surface area (Å²) < 4.78 is 53.1. The van der Waals surface area contributed by atoms with Crippen molar-refractivity contribution in [1.29, 1.82) is 0 Å². The van der Waals surface area contributed by atoms with Crippen LogP contribution in [0.25, 0.3) is 22.4 Å². The maximum absolute atomic E-state index is 12.5. The van der Waals surface area contributed by atoms with Crippen molar-refractivity contribution in [3.05, 3.63) is 77.2 Å². The molecule has 1 aromatic heterocycles. The quantitative estimate of drug-likeness (QED) is 0.213. The number of thiazole rings is 1. The average Bonchev–Trinajstić information content (AvgIpc) is 3.46. The fourth-order valence-corrected chi connectivity index (χ4v) is 5.73. The summed E-state index contributed by atoms with van der Waals surface area (Å²) in [7, 11) is 1.60. The second-order valence-corrected chi connectivity index (χ2v) is 10.8. The first-order valence-electron chi connectivity index (χ1n) is 13.3. The van der Waals surface area contributed by atoms with Crippen LogP contribution in [-0.4, -0.2) is 42.6 Å². The Hall–Kier alpha value is -4.25. The molecule has 0 unspecified atom stereocenters. The van der Waals surface area contributed by atoms with Crippen LogP contribution in [0.15, 0.2) is 66.0 Å². The SMILES string of the molecule is COc1ccc(OCc2ccc(-c3ccc(OC(F)(F)F)cc3)cc2C)c(-c2csc(N3CCC(C(=O)O)CC3)n2)c1. The molecule has 0 bridgehead atoms. The van der Waals surface area contributed by atoms with Gasteiger partial charge in [-0.05, 0) is 72.4 Å². The van der Waals surface area contributed by atoms with Gasteiger partial charge in [0.1, 0.15) is 23.9 Å². The van der Waals surface area contributed by atoms with Crippen LogP contribution in [0.3, 0.4) is 0 Å². The summed E-state index contributed by atoms with van der Waals surface area (Å²) in [5.41, 5.74) is 5.09. The van der Waals surface area contributed by atoms with E-state index in [-0.39, 0.29) is 11.7 Å². The van der Waals surface area contributed by atoms with E-state index in [4.69, 9.17) is 14.5 Å². The molecular formula is C31H29F3N2O5S. The van der Waals surface area contributed by atoms with Gasteiger partial charge in [-0.2, -0.15) is 0 Å². The molecule has 1 saturated heterocycles. The molecule has 1 fully saturated rings. The topological polar surface area (TPSA) is 81.1 Å². The van der Waals surface area contributed by atoms with Crippen LogP contribution in [0.1, 0.15) is 24.0 Å². The number of nitrogens with zero attached hydrogens (tertiary/aromatic N) is 2. The highest BCUT2D eigenvalue weighted by atomic mass is 32.1. The van der Waals surface area contributed by atoms with Crippen LogP contribution in [0.4, 0.5) is 18.3 Å². The van der Waals surface area contributed by atoms with Crippen molar-refractivity contribution in [3.63, 3.8) is 0 Å². The van der Waals surface area contributed by atoms with Gasteiger partial charge in [-0.3, -0.25) is 4.79 Å². The molecule has 3 aromatic carbocycles. The van der Waals surface area contributed by atoms with Crippen molar-refractivity contribution >= 4 is 22.4 Å². The lowest BCUT2D eigenvalue weighted by atomic mass is 9.97. The van der Waals surface area contributed by atoms with E-state index in [1.54, 1.807) is 19.2 Å². The van der Waals surface area contributed by atoms with Gasteiger partial charge in [-0.25, -0.2) is 4.98 Å². The Labute approximate surface area is 245 Å². The van der Waals surface area contributed by atoms with Crippen molar-refractivity contribution in [2.75, 3.05) is 25.1 Å². The van der Waals surface area contributed by atoms with Crippen LogP contribution in [0.2, 0.25) is 0 Å². The number of carbonyl (C=O) groups is 1. The van der Waals surface area contributed by atoms with E-state index in [9.17, 15) is 23.1 Å². The monoisotopic (exact) mass is 598 g/mol. The highest BCUT2D eigenvalue weighted by Crippen LogP contribution is 2.37. The number of alkyl halides is 3. The molecule has 0 radical (unpaired) electrons. The smallest absolute Gasteiger partial charge is 0.497 e. The zero-order valence-electron chi connectivity index (χ0n) is 23.0. The third kappa shape index (κ3) is 6.96. The van der Waals surface area contributed by atoms with Crippen LogP contribution >= 0.6 is 11.3 Å². The number of carboxylic acids is 1. The summed E-state index contributed by atoms with van der Waals surface area (Å²) in [6, 6.07) is 17.1.